The number of rotatable bonds is 2. The standard InChI is InChI=1S/C17H26O2/c1-6-19-13-10-17-9-12(13)16(4,5)14(17)7-11(18)8-15(17,2)3/h7,12-13H,6,8-10H2,1-5H3/t12-,13-,17-/m1/s1. The minimum atomic E-state index is 0.0754. The van der Waals surface area contributed by atoms with E-state index in [2.05, 4.69) is 34.6 Å². The summed E-state index contributed by atoms with van der Waals surface area (Å²) in [7, 11) is 0. The molecule has 0 saturated heterocycles. The Hall–Kier alpha value is -0.630. The number of ketones is 1. The monoisotopic (exact) mass is 262 g/mol. The fraction of sp³-hybridized carbons (Fsp3) is 0.824. The van der Waals surface area contributed by atoms with Crippen LogP contribution in [0.25, 0.3) is 0 Å². The van der Waals surface area contributed by atoms with Crippen LogP contribution >= 0.6 is 0 Å². The molecule has 0 aliphatic heterocycles. The Balaban J connectivity index is 2.11. The summed E-state index contributed by atoms with van der Waals surface area (Å²) in [5.74, 6) is 0.892. The number of hydrogen-bond donors (Lipinski definition) is 0. The molecule has 0 N–H and O–H groups in total. The van der Waals surface area contributed by atoms with E-state index in [0.29, 0.717) is 24.2 Å². The van der Waals surface area contributed by atoms with E-state index in [-0.39, 0.29) is 16.2 Å². The van der Waals surface area contributed by atoms with E-state index in [9.17, 15) is 4.79 Å². The molecule has 3 atom stereocenters. The maximum Gasteiger partial charge on any atom is 0.156 e. The van der Waals surface area contributed by atoms with Gasteiger partial charge < -0.3 is 4.74 Å². The van der Waals surface area contributed by atoms with E-state index in [0.717, 1.165) is 13.0 Å². The van der Waals surface area contributed by atoms with Crippen LogP contribution in [0.5, 0.6) is 0 Å². The normalized spacial score (nSPS) is 42.2. The molecule has 0 unspecified atom stereocenters. The van der Waals surface area contributed by atoms with Gasteiger partial charge in [0, 0.05) is 18.4 Å². The van der Waals surface area contributed by atoms with Crippen molar-refractivity contribution in [3.63, 3.8) is 0 Å². The Morgan fingerprint density at radius 3 is 2.58 bits per heavy atom. The van der Waals surface area contributed by atoms with Crippen LogP contribution in [0.3, 0.4) is 0 Å². The zero-order valence-corrected chi connectivity index (χ0v) is 12.9. The second kappa shape index (κ2) is 3.72. The maximum atomic E-state index is 12.1. The molecule has 0 heterocycles. The average molecular weight is 262 g/mol. The summed E-state index contributed by atoms with van der Waals surface area (Å²) in [5, 5.41) is 0. The summed E-state index contributed by atoms with van der Waals surface area (Å²) in [6.07, 6.45) is 5.37. The molecule has 0 radical (unpaired) electrons. The highest BCUT2D eigenvalue weighted by molar-refractivity contribution is 5.93. The summed E-state index contributed by atoms with van der Waals surface area (Å²) in [4.78, 5) is 12.1. The molecule has 2 fully saturated rings. The van der Waals surface area contributed by atoms with Crippen molar-refractivity contribution in [3.8, 4) is 0 Å². The highest BCUT2D eigenvalue weighted by atomic mass is 16.5. The van der Waals surface area contributed by atoms with E-state index in [1.54, 1.807) is 0 Å². The summed E-state index contributed by atoms with van der Waals surface area (Å²) in [6, 6.07) is 0. The van der Waals surface area contributed by atoms with E-state index in [1.807, 2.05) is 6.08 Å². The molecule has 1 spiro atoms. The lowest BCUT2D eigenvalue weighted by molar-refractivity contribution is -0.120. The quantitative estimate of drug-likeness (QED) is 0.757. The molecule has 0 aromatic rings. The minimum Gasteiger partial charge on any atom is -0.378 e. The zero-order valence-electron chi connectivity index (χ0n) is 12.9. The van der Waals surface area contributed by atoms with Gasteiger partial charge in [0.1, 0.15) is 0 Å². The fourth-order valence-electron chi connectivity index (χ4n) is 5.28. The van der Waals surface area contributed by atoms with Gasteiger partial charge in [0.15, 0.2) is 5.78 Å². The van der Waals surface area contributed by atoms with Crippen molar-refractivity contribution in [1.82, 2.24) is 0 Å². The minimum absolute atomic E-state index is 0.0754. The first-order valence-electron chi connectivity index (χ1n) is 7.62. The molecule has 3 aliphatic carbocycles. The predicted octanol–water partition coefficient (Wildman–Crippen LogP) is 3.75. The van der Waals surface area contributed by atoms with E-state index in [1.165, 1.54) is 12.0 Å². The van der Waals surface area contributed by atoms with Crippen LogP contribution in [0, 0.1) is 22.2 Å². The van der Waals surface area contributed by atoms with Gasteiger partial charge in [-0.15, -0.1) is 0 Å². The molecule has 0 amide bonds. The Kier molecular flexibility index (Phi) is 2.62. The smallest absolute Gasteiger partial charge is 0.156 e. The zero-order chi connectivity index (χ0) is 14.1. The van der Waals surface area contributed by atoms with Crippen molar-refractivity contribution in [2.24, 2.45) is 22.2 Å². The first-order chi connectivity index (χ1) is 8.74. The van der Waals surface area contributed by atoms with Crippen LogP contribution in [0.15, 0.2) is 11.6 Å². The van der Waals surface area contributed by atoms with E-state index in [4.69, 9.17) is 4.74 Å². The summed E-state index contributed by atoms with van der Waals surface area (Å²) in [5.41, 5.74) is 1.81. The van der Waals surface area contributed by atoms with Gasteiger partial charge in [0.05, 0.1) is 6.10 Å². The third kappa shape index (κ3) is 1.50. The van der Waals surface area contributed by atoms with Crippen molar-refractivity contribution in [2.75, 3.05) is 6.61 Å². The van der Waals surface area contributed by atoms with Crippen LogP contribution in [-0.4, -0.2) is 18.5 Å². The van der Waals surface area contributed by atoms with E-state index < -0.39 is 0 Å². The second-order valence-electron chi connectivity index (χ2n) is 7.90. The van der Waals surface area contributed by atoms with E-state index >= 15 is 0 Å². The highest BCUT2D eigenvalue weighted by Gasteiger charge is 2.68. The third-order valence-electron chi connectivity index (χ3n) is 6.30. The number of carbonyl (C=O) groups excluding carboxylic acids is 1. The van der Waals surface area contributed by atoms with Crippen molar-refractivity contribution >= 4 is 5.78 Å². The van der Waals surface area contributed by atoms with Gasteiger partial charge in [0.25, 0.3) is 0 Å². The summed E-state index contributed by atoms with van der Waals surface area (Å²) < 4.78 is 6.02. The lowest BCUT2D eigenvalue weighted by atomic mass is 9.53. The first kappa shape index (κ1) is 13.4. The number of allylic oxidation sites excluding steroid dienone is 2. The van der Waals surface area contributed by atoms with Crippen molar-refractivity contribution in [1.29, 1.82) is 0 Å². The third-order valence-corrected chi connectivity index (χ3v) is 6.30. The van der Waals surface area contributed by atoms with Gasteiger partial charge >= 0.3 is 0 Å². The molecule has 0 aromatic heterocycles. The lowest BCUT2D eigenvalue weighted by Gasteiger charge is -2.51. The Labute approximate surface area is 116 Å². The van der Waals surface area contributed by atoms with Gasteiger partial charge in [0.2, 0.25) is 0 Å². The maximum absolute atomic E-state index is 12.1. The molecular formula is C17H26O2. The Bertz CT molecular complexity index is 458. The molecule has 3 rings (SSSR count). The van der Waals surface area contributed by atoms with Gasteiger partial charge in [-0.2, -0.15) is 0 Å². The van der Waals surface area contributed by atoms with Crippen molar-refractivity contribution < 1.29 is 9.53 Å². The molecule has 2 bridgehead atoms. The van der Waals surface area contributed by atoms with Gasteiger partial charge in [-0.05, 0) is 42.6 Å². The van der Waals surface area contributed by atoms with Crippen LogP contribution in [0.4, 0.5) is 0 Å². The first-order valence-corrected chi connectivity index (χ1v) is 7.62. The van der Waals surface area contributed by atoms with Crippen LogP contribution in [-0.2, 0) is 9.53 Å². The summed E-state index contributed by atoms with van der Waals surface area (Å²) >= 11 is 0. The average Bonchev–Trinajstić information content (AvgIpc) is 2.74. The predicted molar refractivity (Wildman–Crippen MR) is 75.8 cm³/mol. The topological polar surface area (TPSA) is 26.3 Å². The Morgan fingerprint density at radius 1 is 1.26 bits per heavy atom. The second-order valence-corrected chi connectivity index (χ2v) is 7.90. The molecule has 2 heteroatoms. The molecule has 19 heavy (non-hydrogen) atoms. The fourth-order valence-corrected chi connectivity index (χ4v) is 5.28. The van der Waals surface area contributed by atoms with Crippen LogP contribution in [0.1, 0.15) is 53.9 Å². The number of fused-ring (bicyclic) bond motifs is 1. The number of hydrogen-bond acceptors (Lipinski definition) is 2. The highest BCUT2D eigenvalue weighted by Crippen LogP contribution is 2.73. The molecule has 2 saturated carbocycles. The Morgan fingerprint density at radius 2 is 1.95 bits per heavy atom. The van der Waals surface area contributed by atoms with Crippen LogP contribution < -0.4 is 0 Å². The molecular weight excluding hydrogens is 236 g/mol. The lowest BCUT2D eigenvalue weighted by Crippen LogP contribution is -2.47. The largest absolute Gasteiger partial charge is 0.378 e. The summed E-state index contributed by atoms with van der Waals surface area (Å²) in [6.45, 7) is 12.1. The SMILES string of the molecule is CCO[C@@H]1C[C@]23C[C@H]1C(C)(C)C2=CC(=O)CC3(C)C. The molecule has 3 aliphatic rings. The molecule has 2 nitrogen and oxygen atoms in total. The van der Waals surface area contributed by atoms with Gasteiger partial charge in [-0.3, -0.25) is 4.79 Å². The number of ether oxygens (including phenoxy) is 1. The van der Waals surface area contributed by atoms with Crippen LogP contribution in [0.2, 0.25) is 0 Å². The van der Waals surface area contributed by atoms with Crippen molar-refractivity contribution in [2.45, 2.75) is 60.0 Å². The van der Waals surface area contributed by atoms with Crippen molar-refractivity contribution in [3.05, 3.63) is 11.6 Å². The van der Waals surface area contributed by atoms with Gasteiger partial charge in [-0.1, -0.05) is 33.3 Å². The van der Waals surface area contributed by atoms with Gasteiger partial charge in [-0.25, -0.2) is 0 Å². The molecule has 0 aromatic carbocycles. The number of carbonyl (C=O) groups is 1. The molecule has 106 valence electrons.